The van der Waals surface area contributed by atoms with E-state index in [9.17, 15) is 4.79 Å². The van der Waals surface area contributed by atoms with Crippen LogP contribution in [0.15, 0.2) is 41.6 Å². The van der Waals surface area contributed by atoms with Crippen molar-refractivity contribution in [3.63, 3.8) is 0 Å². The molecule has 0 bridgehead atoms. The predicted molar refractivity (Wildman–Crippen MR) is 58.5 cm³/mol. The lowest BCUT2D eigenvalue weighted by atomic mass is 10.2. The van der Waals surface area contributed by atoms with Gasteiger partial charge in [0, 0.05) is 12.7 Å². The quantitative estimate of drug-likeness (QED) is 0.688. The zero-order valence-corrected chi connectivity index (χ0v) is 8.86. The van der Waals surface area contributed by atoms with Crippen molar-refractivity contribution in [1.82, 2.24) is 0 Å². The van der Waals surface area contributed by atoms with Crippen molar-refractivity contribution >= 4 is 11.7 Å². The molecule has 0 saturated carbocycles. The van der Waals surface area contributed by atoms with Crippen molar-refractivity contribution in [3.05, 3.63) is 41.6 Å². The zero-order valence-electron chi connectivity index (χ0n) is 8.86. The second-order valence-electron chi connectivity index (χ2n) is 3.54. The number of ether oxygens (including phenoxy) is 1. The highest BCUT2D eigenvalue weighted by atomic mass is 16.5. The van der Waals surface area contributed by atoms with Crippen molar-refractivity contribution in [1.29, 1.82) is 0 Å². The minimum absolute atomic E-state index is 0.215. The first-order chi connectivity index (χ1) is 7.20. The van der Waals surface area contributed by atoms with Crippen molar-refractivity contribution in [2.75, 3.05) is 18.6 Å². The van der Waals surface area contributed by atoms with E-state index >= 15 is 0 Å². The molecule has 0 aromatic heterocycles. The van der Waals surface area contributed by atoms with Gasteiger partial charge in [-0.2, -0.15) is 0 Å². The summed E-state index contributed by atoms with van der Waals surface area (Å²) >= 11 is 0. The van der Waals surface area contributed by atoms with Gasteiger partial charge in [0.25, 0.3) is 0 Å². The Morgan fingerprint density at radius 1 is 1.27 bits per heavy atom. The van der Waals surface area contributed by atoms with Crippen LogP contribution in [0.5, 0.6) is 0 Å². The molecule has 0 atom stereocenters. The number of anilines is 1. The number of cyclic esters (lactones) is 1. The summed E-state index contributed by atoms with van der Waals surface area (Å²) in [6.45, 7) is 2.17. The Morgan fingerprint density at radius 2 is 1.93 bits per heavy atom. The SMILES string of the molecule is CC1=C(N(C)c2ccccc2)COC1=O. The Kier molecular flexibility index (Phi) is 2.46. The van der Waals surface area contributed by atoms with Crippen LogP contribution in [0.25, 0.3) is 0 Å². The number of hydrogen-bond acceptors (Lipinski definition) is 3. The number of rotatable bonds is 2. The first kappa shape index (κ1) is 9.77. The first-order valence-corrected chi connectivity index (χ1v) is 4.86. The van der Waals surface area contributed by atoms with E-state index in [4.69, 9.17) is 4.74 Å². The fourth-order valence-corrected chi connectivity index (χ4v) is 1.62. The van der Waals surface area contributed by atoms with Crippen LogP contribution in [0.4, 0.5) is 5.69 Å². The Hall–Kier alpha value is -1.77. The molecular weight excluding hydrogens is 190 g/mol. The molecule has 3 nitrogen and oxygen atoms in total. The molecule has 2 rings (SSSR count). The molecule has 78 valence electrons. The maximum Gasteiger partial charge on any atom is 0.336 e. The fraction of sp³-hybridized carbons (Fsp3) is 0.250. The highest BCUT2D eigenvalue weighted by Crippen LogP contribution is 2.23. The van der Waals surface area contributed by atoms with Crippen molar-refractivity contribution in [3.8, 4) is 0 Å². The summed E-state index contributed by atoms with van der Waals surface area (Å²) in [5.41, 5.74) is 2.69. The molecule has 0 aliphatic carbocycles. The van der Waals surface area contributed by atoms with Crippen LogP contribution in [0.3, 0.4) is 0 Å². The highest BCUT2D eigenvalue weighted by Gasteiger charge is 2.23. The van der Waals surface area contributed by atoms with Gasteiger partial charge >= 0.3 is 5.97 Å². The van der Waals surface area contributed by atoms with Gasteiger partial charge in [0.1, 0.15) is 6.61 Å². The normalized spacial score (nSPS) is 15.5. The van der Waals surface area contributed by atoms with Crippen molar-refractivity contribution in [2.45, 2.75) is 6.92 Å². The number of esters is 1. The minimum Gasteiger partial charge on any atom is -0.456 e. The molecule has 1 aliphatic rings. The third-order valence-corrected chi connectivity index (χ3v) is 2.63. The summed E-state index contributed by atoms with van der Waals surface area (Å²) in [5, 5.41) is 0. The van der Waals surface area contributed by atoms with Crippen LogP contribution in [0, 0.1) is 0 Å². The van der Waals surface area contributed by atoms with Crippen LogP contribution < -0.4 is 4.90 Å². The Balaban J connectivity index is 2.30. The molecule has 0 N–H and O–H groups in total. The van der Waals surface area contributed by atoms with E-state index in [1.165, 1.54) is 0 Å². The fourth-order valence-electron chi connectivity index (χ4n) is 1.62. The van der Waals surface area contributed by atoms with Crippen LogP contribution in [0.2, 0.25) is 0 Å². The average Bonchev–Trinajstić information content (AvgIpc) is 2.60. The molecule has 1 aliphatic heterocycles. The molecule has 0 radical (unpaired) electrons. The largest absolute Gasteiger partial charge is 0.456 e. The van der Waals surface area contributed by atoms with Gasteiger partial charge in [-0.25, -0.2) is 4.79 Å². The maximum atomic E-state index is 11.2. The highest BCUT2D eigenvalue weighted by molar-refractivity contribution is 5.92. The zero-order chi connectivity index (χ0) is 10.8. The smallest absolute Gasteiger partial charge is 0.336 e. The van der Waals surface area contributed by atoms with Crippen LogP contribution in [0.1, 0.15) is 6.92 Å². The van der Waals surface area contributed by atoms with Crippen LogP contribution >= 0.6 is 0 Å². The molecule has 1 heterocycles. The van der Waals surface area contributed by atoms with Gasteiger partial charge in [-0.05, 0) is 19.1 Å². The van der Waals surface area contributed by atoms with Gasteiger partial charge in [0.2, 0.25) is 0 Å². The van der Waals surface area contributed by atoms with E-state index in [2.05, 4.69) is 0 Å². The number of nitrogens with zero attached hydrogens (tertiary/aromatic N) is 1. The van der Waals surface area contributed by atoms with Gasteiger partial charge in [-0.3, -0.25) is 0 Å². The standard InChI is InChI=1S/C12H13NO2/c1-9-11(8-15-12(9)14)13(2)10-6-4-3-5-7-10/h3-7H,8H2,1-2H3. The summed E-state index contributed by atoms with van der Waals surface area (Å²) in [5.74, 6) is -0.215. The molecule has 1 aromatic carbocycles. The van der Waals surface area contributed by atoms with Crippen molar-refractivity contribution < 1.29 is 9.53 Å². The molecular formula is C12H13NO2. The number of hydrogen-bond donors (Lipinski definition) is 0. The van der Waals surface area contributed by atoms with E-state index in [0.717, 1.165) is 11.4 Å². The second kappa shape index (κ2) is 3.77. The van der Waals surface area contributed by atoms with Gasteiger partial charge in [-0.1, -0.05) is 18.2 Å². The summed E-state index contributed by atoms with van der Waals surface area (Å²) < 4.78 is 4.97. The van der Waals surface area contributed by atoms with Gasteiger partial charge in [0.05, 0.1) is 11.3 Å². The summed E-state index contributed by atoms with van der Waals surface area (Å²) in [6.07, 6.45) is 0. The molecule has 0 spiro atoms. The summed E-state index contributed by atoms with van der Waals surface area (Å²) in [4.78, 5) is 13.2. The lowest BCUT2D eigenvalue weighted by molar-refractivity contribution is -0.135. The number of carbonyl (C=O) groups is 1. The van der Waals surface area contributed by atoms with E-state index in [1.54, 1.807) is 6.92 Å². The average molecular weight is 203 g/mol. The second-order valence-corrected chi connectivity index (χ2v) is 3.54. The minimum atomic E-state index is -0.215. The number of likely N-dealkylation sites (N-methyl/N-ethyl adjacent to an activating group) is 1. The first-order valence-electron chi connectivity index (χ1n) is 4.86. The lowest BCUT2D eigenvalue weighted by Gasteiger charge is -2.19. The number of carbonyl (C=O) groups excluding carboxylic acids is 1. The lowest BCUT2D eigenvalue weighted by Crippen LogP contribution is -2.18. The molecule has 0 unspecified atom stereocenters. The van der Waals surface area contributed by atoms with Gasteiger partial charge in [-0.15, -0.1) is 0 Å². The van der Waals surface area contributed by atoms with E-state index in [1.807, 2.05) is 42.3 Å². The van der Waals surface area contributed by atoms with Crippen molar-refractivity contribution in [2.24, 2.45) is 0 Å². The number of benzene rings is 1. The number of para-hydroxylation sites is 1. The molecule has 1 aromatic rings. The third-order valence-electron chi connectivity index (χ3n) is 2.63. The predicted octanol–water partition coefficient (Wildman–Crippen LogP) is 1.95. The van der Waals surface area contributed by atoms with Gasteiger partial charge < -0.3 is 9.64 Å². The van der Waals surface area contributed by atoms with E-state index in [-0.39, 0.29) is 5.97 Å². The van der Waals surface area contributed by atoms with Crippen LogP contribution in [-0.2, 0) is 9.53 Å². The molecule has 0 amide bonds. The summed E-state index contributed by atoms with van der Waals surface area (Å²) in [7, 11) is 1.94. The third kappa shape index (κ3) is 1.73. The molecule has 3 heteroatoms. The Labute approximate surface area is 89.0 Å². The molecule has 0 fully saturated rings. The Morgan fingerprint density at radius 3 is 2.47 bits per heavy atom. The van der Waals surface area contributed by atoms with E-state index in [0.29, 0.717) is 12.2 Å². The molecule has 0 saturated heterocycles. The molecule has 15 heavy (non-hydrogen) atoms. The summed E-state index contributed by atoms with van der Waals surface area (Å²) in [6, 6.07) is 9.92. The van der Waals surface area contributed by atoms with Crippen LogP contribution in [-0.4, -0.2) is 19.6 Å². The monoisotopic (exact) mass is 203 g/mol. The maximum absolute atomic E-state index is 11.2. The Bertz CT molecular complexity index is 409. The van der Waals surface area contributed by atoms with E-state index < -0.39 is 0 Å². The van der Waals surface area contributed by atoms with Gasteiger partial charge in [0.15, 0.2) is 0 Å². The topological polar surface area (TPSA) is 29.5 Å².